The Labute approximate surface area is 232 Å². The number of fused-ring (bicyclic) bond motifs is 1. The largest absolute Gasteiger partial charge is 0.436 e. The number of primary amides is 1. The molecule has 206 valence electrons. The van der Waals surface area contributed by atoms with Gasteiger partial charge in [-0.3, -0.25) is 9.59 Å². The highest BCUT2D eigenvalue weighted by Gasteiger charge is 2.42. The molecule has 0 unspecified atom stereocenters. The van der Waals surface area contributed by atoms with Crippen molar-refractivity contribution in [3.63, 3.8) is 0 Å². The first-order valence-electron chi connectivity index (χ1n) is 12.0. The molecule has 3 aromatic heterocycles. The molecule has 0 saturated carbocycles. The molecule has 2 amide bonds. The third-order valence-corrected chi connectivity index (χ3v) is 8.36. The number of aromatic amines is 1. The molecule has 0 aliphatic carbocycles. The Balaban J connectivity index is 1.31. The molecule has 9 nitrogen and oxygen atoms in total. The molecule has 6 rings (SSSR count). The summed E-state index contributed by atoms with van der Waals surface area (Å²) in [6, 6.07) is 5.24. The monoisotopic (exact) mass is 591 g/mol. The van der Waals surface area contributed by atoms with Gasteiger partial charge < -0.3 is 15.6 Å². The van der Waals surface area contributed by atoms with Crippen molar-refractivity contribution in [1.29, 1.82) is 0 Å². The van der Waals surface area contributed by atoms with E-state index in [1.165, 1.54) is 29.5 Å². The van der Waals surface area contributed by atoms with Crippen LogP contribution in [0.1, 0.15) is 52.1 Å². The second-order valence-corrected chi connectivity index (χ2v) is 10.9. The number of carbonyl (C=O) groups excluding carboxylic acids is 2. The number of hydrogen-bond donors (Lipinski definition) is 2. The van der Waals surface area contributed by atoms with Crippen LogP contribution < -0.4 is 5.73 Å². The van der Waals surface area contributed by atoms with Crippen LogP contribution in [-0.4, -0.2) is 47.7 Å². The fraction of sp³-hybridized carbons (Fsp3) is 0.240. The van der Waals surface area contributed by atoms with Crippen LogP contribution in [0.4, 0.5) is 17.6 Å². The third-order valence-electron chi connectivity index (χ3n) is 6.95. The van der Waals surface area contributed by atoms with Gasteiger partial charge in [-0.05, 0) is 49.1 Å². The summed E-state index contributed by atoms with van der Waals surface area (Å²) in [6.45, 7) is 0. The second-order valence-electron chi connectivity index (χ2n) is 9.37. The molecule has 3 N–H and O–H groups in total. The van der Waals surface area contributed by atoms with Gasteiger partial charge in [-0.1, -0.05) is 16.8 Å². The summed E-state index contributed by atoms with van der Waals surface area (Å²) in [5.41, 5.74) is 4.88. The molecule has 2 aliphatic rings. The Morgan fingerprint density at radius 3 is 2.70 bits per heavy atom. The van der Waals surface area contributed by atoms with Crippen molar-refractivity contribution in [3.05, 3.63) is 75.5 Å². The number of halogens is 5. The van der Waals surface area contributed by atoms with Crippen molar-refractivity contribution in [2.45, 2.75) is 37.5 Å². The number of benzene rings is 1. The average Bonchev–Trinajstić information content (AvgIpc) is 3.70. The minimum atomic E-state index is -4.73. The number of nitrogens with one attached hydrogen (secondary N) is 1. The van der Waals surface area contributed by atoms with E-state index >= 15 is 4.39 Å². The predicted molar refractivity (Wildman–Crippen MR) is 137 cm³/mol. The summed E-state index contributed by atoms with van der Waals surface area (Å²) in [5.74, 6) is -1.23. The van der Waals surface area contributed by atoms with E-state index < -0.39 is 29.5 Å². The van der Waals surface area contributed by atoms with E-state index in [-0.39, 0.29) is 34.8 Å². The summed E-state index contributed by atoms with van der Waals surface area (Å²) >= 11 is 7.24. The molecule has 5 heterocycles. The lowest BCUT2D eigenvalue weighted by atomic mass is 9.92. The summed E-state index contributed by atoms with van der Waals surface area (Å²) in [7, 11) is 0. The Bertz CT molecular complexity index is 1690. The minimum Gasteiger partial charge on any atom is -0.365 e. The maximum absolute atomic E-state index is 15.4. The normalized spacial score (nSPS) is 19.2. The van der Waals surface area contributed by atoms with Crippen LogP contribution in [0.2, 0.25) is 5.02 Å². The number of alkyl halides is 3. The van der Waals surface area contributed by atoms with Gasteiger partial charge in [-0.15, -0.1) is 16.4 Å². The number of imidazole rings is 1. The topological polar surface area (TPSA) is 123 Å². The highest BCUT2D eigenvalue weighted by atomic mass is 35.5. The van der Waals surface area contributed by atoms with E-state index in [4.69, 9.17) is 17.3 Å². The summed E-state index contributed by atoms with van der Waals surface area (Å²) < 4.78 is 55.6. The van der Waals surface area contributed by atoms with Crippen LogP contribution in [-0.2, 0) is 11.0 Å². The van der Waals surface area contributed by atoms with Gasteiger partial charge in [-0.2, -0.15) is 13.2 Å². The number of nitrogens with two attached hydrogens (primary N) is 1. The van der Waals surface area contributed by atoms with Crippen LogP contribution in [0.5, 0.6) is 0 Å². The minimum absolute atomic E-state index is 0.0195. The Kier molecular flexibility index (Phi) is 6.26. The summed E-state index contributed by atoms with van der Waals surface area (Å²) in [6.07, 6.45) is 0.310. The number of rotatable bonds is 5. The fourth-order valence-corrected chi connectivity index (χ4v) is 6.16. The lowest BCUT2D eigenvalue weighted by Gasteiger charge is -2.33. The van der Waals surface area contributed by atoms with Crippen LogP contribution >= 0.6 is 22.9 Å². The smallest absolute Gasteiger partial charge is 0.365 e. The van der Waals surface area contributed by atoms with Gasteiger partial charge in [0.15, 0.2) is 11.5 Å². The number of nitrogens with zero attached hydrogens (tertiary/aromatic N) is 5. The van der Waals surface area contributed by atoms with Gasteiger partial charge in [0, 0.05) is 23.9 Å². The molecule has 0 bridgehead atoms. The van der Waals surface area contributed by atoms with E-state index in [0.29, 0.717) is 41.0 Å². The van der Waals surface area contributed by atoms with Gasteiger partial charge >= 0.3 is 6.18 Å². The molecule has 4 aromatic rings. The van der Waals surface area contributed by atoms with Gasteiger partial charge in [0.1, 0.15) is 5.82 Å². The molecular weight excluding hydrogens is 574 g/mol. The van der Waals surface area contributed by atoms with E-state index in [2.05, 4.69) is 20.3 Å². The van der Waals surface area contributed by atoms with E-state index in [0.717, 1.165) is 9.56 Å². The number of aromatic nitrogens is 5. The first-order chi connectivity index (χ1) is 19.0. The molecule has 15 heteroatoms. The van der Waals surface area contributed by atoms with Crippen LogP contribution in [0.15, 0.2) is 42.7 Å². The van der Waals surface area contributed by atoms with Crippen molar-refractivity contribution in [2.24, 2.45) is 5.73 Å². The van der Waals surface area contributed by atoms with E-state index in [1.807, 2.05) is 0 Å². The number of thiophene rings is 1. The zero-order valence-electron chi connectivity index (χ0n) is 20.2. The Morgan fingerprint density at radius 1 is 1.20 bits per heavy atom. The predicted octanol–water partition coefficient (Wildman–Crippen LogP) is 5.15. The molecule has 0 spiro atoms. The molecule has 0 radical (unpaired) electrons. The fourth-order valence-electron chi connectivity index (χ4n) is 5.19. The van der Waals surface area contributed by atoms with Crippen LogP contribution in [0, 0.1) is 5.82 Å². The van der Waals surface area contributed by atoms with Crippen molar-refractivity contribution in [3.8, 4) is 16.3 Å². The lowest BCUT2D eigenvalue weighted by Crippen LogP contribution is -2.39. The van der Waals surface area contributed by atoms with Gasteiger partial charge in [0.05, 0.1) is 38.4 Å². The number of H-pyrrole nitrogens is 1. The van der Waals surface area contributed by atoms with Gasteiger partial charge in [0.2, 0.25) is 5.91 Å². The van der Waals surface area contributed by atoms with Gasteiger partial charge in [0.25, 0.3) is 5.91 Å². The molecule has 2 atom stereocenters. The number of carbonyl (C=O) groups is 2. The zero-order valence-corrected chi connectivity index (χ0v) is 21.8. The lowest BCUT2D eigenvalue weighted by molar-refractivity contribution is -0.141. The van der Waals surface area contributed by atoms with Crippen molar-refractivity contribution < 1.29 is 27.2 Å². The molecule has 2 aliphatic heterocycles. The summed E-state index contributed by atoms with van der Waals surface area (Å²) in [5, 5.41) is 6.44. The van der Waals surface area contributed by atoms with Crippen LogP contribution in [0.3, 0.4) is 0 Å². The summed E-state index contributed by atoms with van der Waals surface area (Å²) in [4.78, 5) is 35.4. The number of amides is 2. The van der Waals surface area contributed by atoms with Crippen LogP contribution in [0.25, 0.3) is 21.8 Å². The average molecular weight is 592 g/mol. The molecule has 1 saturated heterocycles. The Morgan fingerprint density at radius 2 is 2.00 bits per heavy atom. The van der Waals surface area contributed by atoms with Gasteiger partial charge in [-0.25, -0.2) is 14.1 Å². The quantitative estimate of drug-likeness (QED) is 0.311. The highest BCUT2D eigenvalue weighted by Crippen LogP contribution is 2.44. The standard InChI is InChI=1S/C25H18ClF4N7O2S/c26-13-2-4-15(36-10-19(34-35-36)25(28,29)30)21(22(13)27)11-7-12-1-3-16(37(12)20(38)8-11)24-32-9-14(33-24)17-5-6-18(40-17)23(31)39/h2,4-6,8-10,12,16H,1,3,7H2,(H2,31,39)(H,32,33)/t12-,16-/m0/s1. The molecular formula is C25H18ClF4N7O2S. The SMILES string of the molecule is NC(=O)c1ccc(-c2c[nH]c([C@@H]3CC[C@H]4CC(c5c(-n6cc(C(F)(F)F)nn6)ccc(Cl)c5F)=CC(=O)N43)n2)s1. The third kappa shape index (κ3) is 4.46. The van der Waals surface area contributed by atoms with Crippen molar-refractivity contribution in [1.82, 2.24) is 29.9 Å². The molecule has 1 fully saturated rings. The first-order valence-corrected chi connectivity index (χ1v) is 13.2. The Hall–Kier alpha value is -4.04. The van der Waals surface area contributed by atoms with Crippen molar-refractivity contribution >= 4 is 40.3 Å². The first kappa shape index (κ1) is 26.2. The molecule has 40 heavy (non-hydrogen) atoms. The van der Waals surface area contributed by atoms with E-state index in [1.54, 1.807) is 23.2 Å². The second kappa shape index (κ2) is 9.55. The zero-order chi connectivity index (χ0) is 28.3. The number of hydrogen-bond acceptors (Lipinski definition) is 6. The van der Waals surface area contributed by atoms with E-state index in [9.17, 15) is 22.8 Å². The maximum atomic E-state index is 15.4. The maximum Gasteiger partial charge on any atom is 0.436 e. The highest BCUT2D eigenvalue weighted by molar-refractivity contribution is 7.17. The molecule has 1 aromatic carbocycles. The van der Waals surface area contributed by atoms with Crippen molar-refractivity contribution in [2.75, 3.05) is 0 Å².